The van der Waals surface area contributed by atoms with Crippen molar-refractivity contribution >= 4 is 28.9 Å². The highest BCUT2D eigenvalue weighted by atomic mass is 32.1. The maximum Gasteiger partial charge on any atom is 0.348 e. The number of thiophene rings is 1. The number of benzene rings is 1. The van der Waals surface area contributed by atoms with E-state index < -0.39 is 11.4 Å². The van der Waals surface area contributed by atoms with Gasteiger partial charge >= 0.3 is 5.97 Å². The zero-order chi connectivity index (χ0) is 20.5. The van der Waals surface area contributed by atoms with E-state index in [1.54, 1.807) is 23.1 Å². The number of anilines is 1. The van der Waals surface area contributed by atoms with E-state index in [2.05, 4.69) is 0 Å². The van der Waals surface area contributed by atoms with E-state index in [0.29, 0.717) is 16.1 Å². The Kier molecular flexibility index (Phi) is 5.89. The highest BCUT2D eigenvalue weighted by Gasteiger charge is 2.40. The number of hydrogen-bond donors (Lipinski definition) is 1. The first-order chi connectivity index (χ1) is 13.2. The minimum Gasteiger partial charge on any atom is -0.477 e. The molecule has 0 spiro atoms. The summed E-state index contributed by atoms with van der Waals surface area (Å²) in [6, 6.07) is 7.61. The zero-order valence-electron chi connectivity index (χ0n) is 16.5. The van der Waals surface area contributed by atoms with Crippen LogP contribution in [0.2, 0.25) is 0 Å². The third-order valence-electron chi connectivity index (χ3n) is 5.48. The summed E-state index contributed by atoms with van der Waals surface area (Å²) in [4.78, 5) is 27.8. The van der Waals surface area contributed by atoms with Gasteiger partial charge in [-0.1, -0.05) is 38.3 Å². The fourth-order valence-corrected chi connectivity index (χ4v) is 4.94. The fraction of sp³-hybridized carbons (Fsp3) is 0.455. The molecule has 150 valence electrons. The summed E-state index contributed by atoms with van der Waals surface area (Å²) in [5.74, 6) is -1.47. The fourth-order valence-electron chi connectivity index (χ4n) is 3.96. The van der Waals surface area contributed by atoms with Crippen molar-refractivity contribution in [3.8, 4) is 10.4 Å². The molecule has 1 N–H and O–H groups in total. The van der Waals surface area contributed by atoms with Gasteiger partial charge in [0.15, 0.2) is 0 Å². The van der Waals surface area contributed by atoms with Crippen LogP contribution in [0.25, 0.3) is 10.4 Å². The molecule has 1 heterocycles. The lowest BCUT2D eigenvalue weighted by Gasteiger charge is -2.38. The Morgan fingerprint density at radius 2 is 1.86 bits per heavy atom. The lowest BCUT2D eigenvalue weighted by atomic mass is 9.74. The van der Waals surface area contributed by atoms with Crippen molar-refractivity contribution in [2.45, 2.75) is 58.9 Å². The Labute approximate surface area is 169 Å². The summed E-state index contributed by atoms with van der Waals surface area (Å²) in [6.07, 6.45) is 4.79. The second-order valence-corrected chi connectivity index (χ2v) is 9.08. The molecule has 0 radical (unpaired) electrons. The summed E-state index contributed by atoms with van der Waals surface area (Å²) >= 11 is 1.08. The Morgan fingerprint density at radius 3 is 2.43 bits per heavy atom. The number of aromatic carboxylic acids is 1. The number of nitrogens with zero attached hydrogens (tertiary/aromatic N) is 1. The molecule has 1 aliphatic rings. The molecule has 1 saturated carbocycles. The largest absolute Gasteiger partial charge is 0.477 e. The first-order valence-electron chi connectivity index (χ1n) is 9.70. The molecule has 1 aromatic carbocycles. The molecule has 1 amide bonds. The molecular formula is C22H26FNO3S. The van der Waals surface area contributed by atoms with E-state index in [0.717, 1.165) is 43.4 Å². The molecule has 0 saturated heterocycles. The highest BCUT2D eigenvalue weighted by Crippen LogP contribution is 2.43. The Balaban J connectivity index is 2.07. The summed E-state index contributed by atoms with van der Waals surface area (Å²) in [5.41, 5.74) is 0.543. The van der Waals surface area contributed by atoms with Crippen molar-refractivity contribution in [3.05, 3.63) is 41.0 Å². The molecule has 1 aliphatic carbocycles. The van der Waals surface area contributed by atoms with Gasteiger partial charge in [-0.3, -0.25) is 4.79 Å². The standard InChI is InChI=1S/C22H26FNO3S/c1-14(2)24(21(27)22(3)10-5-4-6-11-22)17-13-18(28-19(17)20(25)26)15-8-7-9-16(23)12-15/h7-9,12-14H,4-6,10-11H2,1-3H3,(H,25,26). The molecule has 28 heavy (non-hydrogen) atoms. The Bertz CT molecular complexity index is 884. The third-order valence-corrected chi connectivity index (χ3v) is 6.65. The van der Waals surface area contributed by atoms with Crippen LogP contribution < -0.4 is 4.90 Å². The highest BCUT2D eigenvalue weighted by molar-refractivity contribution is 7.18. The average molecular weight is 404 g/mol. The number of hydrogen-bond acceptors (Lipinski definition) is 3. The Hall–Kier alpha value is -2.21. The van der Waals surface area contributed by atoms with Crippen molar-refractivity contribution in [3.63, 3.8) is 0 Å². The molecular weight excluding hydrogens is 377 g/mol. The first kappa shape index (κ1) is 20.5. The lowest BCUT2D eigenvalue weighted by molar-refractivity contribution is -0.129. The van der Waals surface area contributed by atoms with Crippen LogP contribution in [0.1, 0.15) is 62.5 Å². The molecule has 1 aromatic heterocycles. The average Bonchev–Trinajstić information content (AvgIpc) is 3.07. The van der Waals surface area contributed by atoms with Gasteiger partial charge in [0.25, 0.3) is 0 Å². The lowest BCUT2D eigenvalue weighted by Crippen LogP contribution is -2.47. The summed E-state index contributed by atoms with van der Waals surface area (Å²) < 4.78 is 13.7. The maximum atomic E-state index is 13.7. The molecule has 4 nitrogen and oxygen atoms in total. The minimum absolute atomic E-state index is 0.0201. The number of carbonyl (C=O) groups excluding carboxylic acids is 1. The van der Waals surface area contributed by atoms with Gasteiger partial charge in [-0.15, -0.1) is 11.3 Å². The van der Waals surface area contributed by atoms with E-state index in [9.17, 15) is 19.1 Å². The molecule has 6 heteroatoms. The number of rotatable bonds is 5. The van der Waals surface area contributed by atoms with Gasteiger partial charge in [0.05, 0.1) is 5.69 Å². The summed E-state index contributed by atoms with van der Waals surface area (Å²) in [6.45, 7) is 5.79. The van der Waals surface area contributed by atoms with Gasteiger partial charge in [-0.25, -0.2) is 9.18 Å². The van der Waals surface area contributed by atoms with Gasteiger partial charge in [-0.05, 0) is 50.5 Å². The van der Waals surface area contributed by atoms with Gasteiger partial charge < -0.3 is 10.0 Å². The second-order valence-electron chi connectivity index (χ2n) is 8.03. The van der Waals surface area contributed by atoms with Crippen LogP contribution in [0.3, 0.4) is 0 Å². The van der Waals surface area contributed by atoms with Gasteiger partial charge in [-0.2, -0.15) is 0 Å². The van der Waals surface area contributed by atoms with Crippen LogP contribution in [-0.4, -0.2) is 23.0 Å². The van der Waals surface area contributed by atoms with Crippen molar-refractivity contribution < 1.29 is 19.1 Å². The normalized spacial score (nSPS) is 16.2. The van der Waals surface area contributed by atoms with Crippen LogP contribution in [0.5, 0.6) is 0 Å². The number of carbonyl (C=O) groups is 2. The van der Waals surface area contributed by atoms with Gasteiger partial charge in [0, 0.05) is 16.3 Å². The molecule has 3 rings (SSSR count). The zero-order valence-corrected chi connectivity index (χ0v) is 17.3. The van der Waals surface area contributed by atoms with Crippen molar-refractivity contribution in [2.75, 3.05) is 4.90 Å². The maximum absolute atomic E-state index is 13.7. The Morgan fingerprint density at radius 1 is 1.18 bits per heavy atom. The molecule has 0 unspecified atom stereocenters. The predicted octanol–water partition coefficient (Wildman–Crippen LogP) is 5.96. The van der Waals surface area contributed by atoms with Crippen molar-refractivity contribution in [2.24, 2.45) is 5.41 Å². The van der Waals surface area contributed by atoms with Crippen molar-refractivity contribution in [1.82, 2.24) is 0 Å². The number of carboxylic acids is 1. The monoisotopic (exact) mass is 403 g/mol. The van der Waals surface area contributed by atoms with E-state index >= 15 is 0 Å². The number of carboxylic acid groups (broad SMARTS) is 1. The van der Waals surface area contributed by atoms with Crippen LogP contribution >= 0.6 is 11.3 Å². The summed E-state index contributed by atoms with van der Waals surface area (Å²) in [7, 11) is 0. The first-order valence-corrected chi connectivity index (χ1v) is 10.5. The molecule has 2 aromatic rings. The topological polar surface area (TPSA) is 57.6 Å². The molecule has 0 bridgehead atoms. The predicted molar refractivity (Wildman–Crippen MR) is 110 cm³/mol. The third kappa shape index (κ3) is 3.97. The van der Waals surface area contributed by atoms with Crippen LogP contribution in [0, 0.1) is 11.2 Å². The number of amides is 1. The van der Waals surface area contributed by atoms with Gasteiger partial charge in [0.2, 0.25) is 5.91 Å². The molecule has 0 atom stereocenters. The molecule has 0 aliphatic heterocycles. The van der Waals surface area contributed by atoms with E-state index in [1.807, 2.05) is 20.8 Å². The van der Waals surface area contributed by atoms with Gasteiger partial charge in [0.1, 0.15) is 10.7 Å². The van der Waals surface area contributed by atoms with E-state index in [1.165, 1.54) is 12.1 Å². The van der Waals surface area contributed by atoms with Crippen molar-refractivity contribution in [1.29, 1.82) is 0 Å². The number of halogens is 1. The van der Waals surface area contributed by atoms with E-state index in [4.69, 9.17) is 0 Å². The van der Waals surface area contributed by atoms with Crippen LogP contribution in [0.15, 0.2) is 30.3 Å². The second kappa shape index (κ2) is 8.03. The van der Waals surface area contributed by atoms with Crippen LogP contribution in [-0.2, 0) is 4.79 Å². The molecule has 1 fully saturated rings. The minimum atomic E-state index is -1.07. The summed E-state index contributed by atoms with van der Waals surface area (Å²) in [5, 5.41) is 9.77. The SMILES string of the molecule is CC(C)N(C(=O)C1(C)CCCCC1)c1cc(-c2cccc(F)c2)sc1C(=O)O. The smallest absolute Gasteiger partial charge is 0.348 e. The van der Waals surface area contributed by atoms with Crippen LogP contribution in [0.4, 0.5) is 10.1 Å². The van der Waals surface area contributed by atoms with E-state index in [-0.39, 0.29) is 22.6 Å². The quantitative estimate of drug-likeness (QED) is 0.670.